The van der Waals surface area contributed by atoms with E-state index in [9.17, 15) is 13.2 Å². The van der Waals surface area contributed by atoms with Crippen molar-refractivity contribution in [2.45, 2.75) is 12.7 Å². The Morgan fingerprint density at radius 1 is 1.07 bits per heavy atom. The maximum Gasteiger partial charge on any atom is 0.260 e. The maximum absolute atomic E-state index is 12.6. The summed E-state index contributed by atoms with van der Waals surface area (Å²) in [4.78, 5) is 14.0. The van der Waals surface area contributed by atoms with Gasteiger partial charge in [0.15, 0.2) is 6.61 Å². The van der Waals surface area contributed by atoms with Gasteiger partial charge in [-0.05, 0) is 36.2 Å². The summed E-state index contributed by atoms with van der Waals surface area (Å²) < 4.78 is 32.2. The summed E-state index contributed by atoms with van der Waals surface area (Å²) in [6, 6.07) is 14.3. The third kappa shape index (κ3) is 5.25. The molecule has 1 aliphatic rings. The lowest BCUT2D eigenvalue weighted by Crippen LogP contribution is -2.51. The van der Waals surface area contributed by atoms with Crippen molar-refractivity contribution in [1.29, 1.82) is 0 Å². The molecule has 1 aliphatic heterocycles. The summed E-state index contributed by atoms with van der Waals surface area (Å²) in [5, 5.41) is 0.615. The lowest BCUT2D eigenvalue weighted by Gasteiger charge is -2.34. The van der Waals surface area contributed by atoms with Crippen LogP contribution in [0.5, 0.6) is 5.75 Å². The minimum absolute atomic E-state index is 0.0270. The van der Waals surface area contributed by atoms with Gasteiger partial charge in [0.25, 0.3) is 5.91 Å². The highest BCUT2D eigenvalue weighted by molar-refractivity contribution is 7.88. The van der Waals surface area contributed by atoms with Crippen LogP contribution in [0, 0.1) is 6.92 Å². The number of benzene rings is 2. The lowest BCUT2D eigenvalue weighted by molar-refractivity contribution is -0.134. The molecule has 0 bridgehead atoms. The van der Waals surface area contributed by atoms with E-state index in [0.717, 1.165) is 11.1 Å². The van der Waals surface area contributed by atoms with Gasteiger partial charge in [0.1, 0.15) is 5.75 Å². The van der Waals surface area contributed by atoms with Crippen LogP contribution in [0.4, 0.5) is 0 Å². The van der Waals surface area contributed by atoms with Crippen molar-refractivity contribution in [3.8, 4) is 5.75 Å². The number of ether oxygens (including phenoxy) is 1. The van der Waals surface area contributed by atoms with E-state index in [1.807, 2.05) is 25.1 Å². The second-order valence-corrected chi connectivity index (χ2v) is 9.13. The number of hydrogen-bond acceptors (Lipinski definition) is 4. The number of sulfonamides is 1. The van der Waals surface area contributed by atoms with Crippen molar-refractivity contribution in [3.05, 3.63) is 64.7 Å². The number of amides is 1. The van der Waals surface area contributed by atoms with Gasteiger partial charge in [-0.3, -0.25) is 4.79 Å². The van der Waals surface area contributed by atoms with Crippen LogP contribution in [-0.4, -0.2) is 56.3 Å². The number of halogens is 1. The first-order valence-electron chi connectivity index (χ1n) is 9.03. The molecule has 3 rings (SSSR count). The van der Waals surface area contributed by atoms with E-state index < -0.39 is 10.0 Å². The van der Waals surface area contributed by atoms with Gasteiger partial charge in [-0.25, -0.2) is 8.42 Å². The minimum atomic E-state index is -3.40. The molecule has 6 nitrogen and oxygen atoms in total. The third-order valence-corrected chi connectivity index (χ3v) is 6.75. The molecule has 0 spiro atoms. The Bertz CT molecular complexity index is 926. The Kier molecular flexibility index (Phi) is 6.59. The van der Waals surface area contributed by atoms with Gasteiger partial charge in [0.05, 0.1) is 5.75 Å². The number of piperazine rings is 1. The number of nitrogens with zero attached hydrogens (tertiary/aromatic N) is 2. The van der Waals surface area contributed by atoms with Gasteiger partial charge in [-0.2, -0.15) is 4.31 Å². The molecule has 2 aromatic carbocycles. The van der Waals surface area contributed by atoms with Crippen molar-refractivity contribution in [2.24, 2.45) is 0 Å². The van der Waals surface area contributed by atoms with Crippen LogP contribution < -0.4 is 4.74 Å². The van der Waals surface area contributed by atoms with E-state index in [2.05, 4.69) is 0 Å². The van der Waals surface area contributed by atoms with Crippen LogP contribution in [0.2, 0.25) is 5.02 Å². The van der Waals surface area contributed by atoms with Gasteiger partial charge in [0.2, 0.25) is 10.0 Å². The Morgan fingerprint density at radius 3 is 2.39 bits per heavy atom. The van der Waals surface area contributed by atoms with E-state index in [1.165, 1.54) is 4.31 Å². The van der Waals surface area contributed by atoms with Crippen LogP contribution in [-0.2, 0) is 20.6 Å². The molecule has 0 radical (unpaired) electrons. The number of carbonyl (C=O) groups is 1. The lowest BCUT2D eigenvalue weighted by atomic mass is 10.2. The van der Waals surface area contributed by atoms with Crippen LogP contribution in [0.15, 0.2) is 48.5 Å². The average molecular weight is 423 g/mol. The first-order valence-corrected chi connectivity index (χ1v) is 11.0. The van der Waals surface area contributed by atoms with Crippen molar-refractivity contribution >= 4 is 27.5 Å². The van der Waals surface area contributed by atoms with E-state index in [4.69, 9.17) is 16.3 Å². The van der Waals surface area contributed by atoms with E-state index in [-0.39, 0.29) is 18.3 Å². The summed E-state index contributed by atoms with van der Waals surface area (Å²) in [5.74, 6) is 0.428. The molecule has 0 saturated carbocycles. The molecule has 2 aromatic rings. The van der Waals surface area contributed by atoms with Crippen molar-refractivity contribution in [1.82, 2.24) is 9.21 Å². The van der Waals surface area contributed by atoms with E-state index >= 15 is 0 Å². The third-order valence-electron chi connectivity index (χ3n) is 4.66. The molecule has 0 N–H and O–H groups in total. The molecule has 0 atom stereocenters. The fraction of sp³-hybridized carbons (Fsp3) is 0.350. The minimum Gasteiger partial charge on any atom is -0.483 e. The molecular weight excluding hydrogens is 400 g/mol. The zero-order valence-corrected chi connectivity index (χ0v) is 17.2. The standard InChI is InChI=1S/C20H23ClN2O4S/c1-16-13-18(21)7-8-19(16)27-14-20(24)22-9-11-23(12-10-22)28(25,26)15-17-5-3-2-4-6-17/h2-8,13H,9-12,14-15H2,1H3. The second kappa shape index (κ2) is 8.94. The highest BCUT2D eigenvalue weighted by Crippen LogP contribution is 2.22. The molecule has 1 heterocycles. The second-order valence-electron chi connectivity index (χ2n) is 6.72. The largest absolute Gasteiger partial charge is 0.483 e. The highest BCUT2D eigenvalue weighted by atomic mass is 35.5. The smallest absolute Gasteiger partial charge is 0.260 e. The molecule has 0 aliphatic carbocycles. The molecule has 8 heteroatoms. The van der Waals surface area contributed by atoms with Gasteiger partial charge in [-0.15, -0.1) is 0 Å². The summed E-state index contributed by atoms with van der Waals surface area (Å²) >= 11 is 5.92. The Balaban J connectivity index is 1.51. The monoisotopic (exact) mass is 422 g/mol. The molecule has 1 fully saturated rings. The topological polar surface area (TPSA) is 66.9 Å². The summed E-state index contributed by atoms with van der Waals surface area (Å²) in [5.41, 5.74) is 1.62. The van der Waals surface area contributed by atoms with Crippen LogP contribution in [0.25, 0.3) is 0 Å². The Labute approximate surface area is 170 Å². The Hall–Kier alpha value is -2.09. The number of hydrogen-bond donors (Lipinski definition) is 0. The van der Waals surface area contributed by atoms with E-state index in [0.29, 0.717) is 37.0 Å². The van der Waals surface area contributed by atoms with Crippen molar-refractivity contribution < 1.29 is 17.9 Å². The average Bonchev–Trinajstić information content (AvgIpc) is 2.67. The van der Waals surface area contributed by atoms with Crippen LogP contribution >= 0.6 is 11.6 Å². The molecular formula is C20H23ClN2O4S. The normalized spacial score (nSPS) is 15.4. The number of carbonyl (C=O) groups excluding carboxylic acids is 1. The quantitative estimate of drug-likeness (QED) is 0.717. The van der Waals surface area contributed by atoms with E-state index in [1.54, 1.807) is 35.2 Å². The van der Waals surface area contributed by atoms with Gasteiger partial charge >= 0.3 is 0 Å². The predicted octanol–water partition coefficient (Wildman–Crippen LogP) is 2.70. The predicted molar refractivity (Wildman–Crippen MR) is 109 cm³/mol. The van der Waals surface area contributed by atoms with Crippen molar-refractivity contribution in [2.75, 3.05) is 32.8 Å². The first-order chi connectivity index (χ1) is 13.3. The van der Waals surface area contributed by atoms with Crippen LogP contribution in [0.1, 0.15) is 11.1 Å². The highest BCUT2D eigenvalue weighted by Gasteiger charge is 2.29. The summed E-state index contributed by atoms with van der Waals surface area (Å²) in [6.45, 7) is 3.08. The molecule has 1 saturated heterocycles. The fourth-order valence-corrected chi connectivity index (χ4v) is 4.84. The van der Waals surface area contributed by atoms with Crippen molar-refractivity contribution in [3.63, 3.8) is 0 Å². The maximum atomic E-state index is 12.6. The zero-order valence-electron chi connectivity index (χ0n) is 15.7. The Morgan fingerprint density at radius 2 is 1.75 bits per heavy atom. The van der Waals surface area contributed by atoms with Gasteiger partial charge < -0.3 is 9.64 Å². The first kappa shape index (κ1) is 20.6. The molecule has 1 amide bonds. The SMILES string of the molecule is Cc1cc(Cl)ccc1OCC(=O)N1CCN(S(=O)(=O)Cc2ccccc2)CC1. The van der Waals surface area contributed by atoms with Gasteiger partial charge in [0, 0.05) is 31.2 Å². The molecule has 0 unspecified atom stereocenters. The summed E-state index contributed by atoms with van der Waals surface area (Å²) in [7, 11) is -3.40. The number of aryl methyl sites for hydroxylation is 1. The molecule has 28 heavy (non-hydrogen) atoms. The fourth-order valence-electron chi connectivity index (χ4n) is 3.10. The van der Waals surface area contributed by atoms with Gasteiger partial charge in [-0.1, -0.05) is 41.9 Å². The molecule has 150 valence electrons. The van der Waals surface area contributed by atoms with Crippen LogP contribution in [0.3, 0.4) is 0 Å². The summed E-state index contributed by atoms with van der Waals surface area (Å²) in [6.07, 6.45) is 0. The number of rotatable bonds is 6. The zero-order chi connectivity index (χ0) is 20.1. The molecule has 0 aromatic heterocycles.